The summed E-state index contributed by atoms with van der Waals surface area (Å²) in [6, 6.07) is 11.8. The molecule has 2 aliphatic heterocycles. The van der Waals surface area contributed by atoms with E-state index in [4.69, 9.17) is 4.74 Å². The molecule has 3 fully saturated rings. The molecule has 2 heterocycles. The van der Waals surface area contributed by atoms with Crippen molar-refractivity contribution >= 4 is 39.5 Å². The zero-order chi connectivity index (χ0) is 33.2. The van der Waals surface area contributed by atoms with Gasteiger partial charge in [-0.1, -0.05) is 28.1 Å². The molecule has 14 heteroatoms. The quantitative estimate of drug-likeness (QED) is 0.355. The Labute approximate surface area is 274 Å². The maximum Gasteiger partial charge on any atom is 0.573 e. The van der Waals surface area contributed by atoms with Gasteiger partial charge in [0.1, 0.15) is 11.5 Å². The van der Waals surface area contributed by atoms with Crippen LogP contribution < -0.4 is 14.4 Å². The molecule has 0 spiro atoms. The number of halogens is 4. The SMILES string of the molecule is CC(C)(Oc1cccc(N2CCC[C@@H](C(=O)N(Cc3ccc(Br)cc3OC(F)(F)F)C3CC3)C2)c1)C(=O)N1CCN(C(=O)O)CC1. The second-order valence-corrected chi connectivity index (χ2v) is 13.4. The number of piperidine rings is 1. The Morgan fingerprint density at radius 3 is 2.30 bits per heavy atom. The van der Waals surface area contributed by atoms with Crippen molar-refractivity contribution in [3.8, 4) is 11.5 Å². The lowest BCUT2D eigenvalue weighted by atomic mass is 9.95. The number of nitrogens with zero attached hydrogens (tertiary/aromatic N) is 4. The molecule has 46 heavy (non-hydrogen) atoms. The van der Waals surface area contributed by atoms with Gasteiger partial charge in [0.2, 0.25) is 5.91 Å². The van der Waals surface area contributed by atoms with Gasteiger partial charge in [0.05, 0.1) is 5.92 Å². The van der Waals surface area contributed by atoms with Gasteiger partial charge in [-0.3, -0.25) is 9.59 Å². The molecule has 3 amide bonds. The van der Waals surface area contributed by atoms with Crippen molar-refractivity contribution in [1.82, 2.24) is 14.7 Å². The number of hydrogen-bond donors (Lipinski definition) is 1. The van der Waals surface area contributed by atoms with Crippen molar-refractivity contribution < 1.29 is 42.1 Å². The van der Waals surface area contributed by atoms with Gasteiger partial charge in [-0.05, 0) is 63.8 Å². The highest BCUT2D eigenvalue weighted by Crippen LogP contribution is 2.36. The summed E-state index contributed by atoms with van der Waals surface area (Å²) in [5.41, 5.74) is -0.0732. The molecule has 0 unspecified atom stereocenters. The predicted molar refractivity (Wildman–Crippen MR) is 167 cm³/mol. The van der Waals surface area contributed by atoms with Gasteiger partial charge in [0.15, 0.2) is 5.60 Å². The molecule has 0 bridgehead atoms. The van der Waals surface area contributed by atoms with Gasteiger partial charge in [-0.2, -0.15) is 0 Å². The van der Waals surface area contributed by atoms with Gasteiger partial charge in [-0.25, -0.2) is 4.79 Å². The number of benzene rings is 2. The van der Waals surface area contributed by atoms with Crippen LogP contribution in [0, 0.1) is 5.92 Å². The van der Waals surface area contributed by atoms with Crippen LogP contribution in [-0.4, -0.2) is 95.0 Å². The normalized spacial score (nSPS) is 19.1. The van der Waals surface area contributed by atoms with Crippen LogP contribution in [0.25, 0.3) is 0 Å². The molecule has 2 aromatic rings. The van der Waals surface area contributed by atoms with Crippen LogP contribution in [0.4, 0.5) is 23.7 Å². The van der Waals surface area contributed by atoms with E-state index in [0.717, 1.165) is 24.9 Å². The average molecular weight is 712 g/mol. The molecule has 5 rings (SSSR count). The molecule has 250 valence electrons. The van der Waals surface area contributed by atoms with Gasteiger partial charge in [0, 0.05) is 73.6 Å². The summed E-state index contributed by atoms with van der Waals surface area (Å²) in [4.78, 5) is 45.1. The lowest BCUT2D eigenvalue weighted by Crippen LogP contribution is -2.56. The molecule has 1 aliphatic carbocycles. The summed E-state index contributed by atoms with van der Waals surface area (Å²) >= 11 is 3.20. The zero-order valence-corrected chi connectivity index (χ0v) is 27.3. The van der Waals surface area contributed by atoms with E-state index < -0.39 is 18.1 Å². The number of carboxylic acid groups (broad SMARTS) is 1. The number of rotatable bonds is 9. The van der Waals surface area contributed by atoms with Crippen molar-refractivity contribution in [3.63, 3.8) is 0 Å². The van der Waals surface area contributed by atoms with Crippen LogP contribution in [-0.2, 0) is 16.1 Å². The van der Waals surface area contributed by atoms with Crippen molar-refractivity contribution in [3.05, 3.63) is 52.5 Å². The lowest BCUT2D eigenvalue weighted by Gasteiger charge is -2.38. The predicted octanol–water partition coefficient (Wildman–Crippen LogP) is 5.73. The fourth-order valence-electron chi connectivity index (χ4n) is 6.05. The lowest BCUT2D eigenvalue weighted by molar-refractivity contribution is -0.275. The van der Waals surface area contributed by atoms with Crippen molar-refractivity contribution in [2.75, 3.05) is 44.2 Å². The van der Waals surface area contributed by atoms with E-state index in [0.29, 0.717) is 35.3 Å². The standard InChI is InChI=1S/C32H38BrF3N4O6/c1-31(2,29(42)37-13-15-38(16-14-37)30(43)44)45-26-7-3-6-25(18-26)39-12-4-5-22(19-39)28(41)40(24-10-11-24)20-21-8-9-23(33)17-27(21)46-32(34,35)36/h3,6-9,17-18,22,24H,4-5,10-16,19-20H2,1-2H3,(H,43,44)/t22-/m1/s1. The van der Waals surface area contributed by atoms with Crippen LogP contribution in [0.15, 0.2) is 46.9 Å². The van der Waals surface area contributed by atoms with Gasteiger partial charge in [0.25, 0.3) is 5.91 Å². The minimum absolute atomic E-state index is 0.0196. The Bertz CT molecular complexity index is 1450. The molecule has 2 aromatic carbocycles. The molecule has 1 N–H and O–H groups in total. The Balaban J connectivity index is 1.25. The third kappa shape index (κ3) is 8.37. The second kappa shape index (κ2) is 13.6. The first kappa shape index (κ1) is 33.7. The van der Waals surface area contributed by atoms with Crippen LogP contribution in [0.5, 0.6) is 11.5 Å². The Kier molecular flexibility index (Phi) is 9.95. The number of anilines is 1. The Hall–Kier alpha value is -3.68. The minimum atomic E-state index is -4.86. The third-order valence-corrected chi connectivity index (χ3v) is 9.04. The zero-order valence-electron chi connectivity index (χ0n) is 25.8. The van der Waals surface area contributed by atoms with E-state index in [2.05, 4.69) is 25.6 Å². The molecule has 10 nitrogen and oxygen atoms in total. The second-order valence-electron chi connectivity index (χ2n) is 12.5. The van der Waals surface area contributed by atoms with Crippen LogP contribution >= 0.6 is 15.9 Å². The van der Waals surface area contributed by atoms with Gasteiger partial charge >= 0.3 is 12.5 Å². The number of ether oxygens (including phenoxy) is 2. The first-order chi connectivity index (χ1) is 21.7. The smallest absolute Gasteiger partial charge is 0.478 e. The van der Waals surface area contributed by atoms with Crippen molar-refractivity contribution in [2.45, 2.75) is 64.1 Å². The molecule has 3 aliphatic rings. The van der Waals surface area contributed by atoms with E-state index in [1.165, 1.54) is 11.0 Å². The topological polar surface area (TPSA) is 103 Å². The van der Waals surface area contributed by atoms with Crippen LogP contribution in [0.2, 0.25) is 0 Å². The maximum atomic E-state index is 13.9. The number of alkyl halides is 3. The van der Waals surface area contributed by atoms with Crippen LogP contribution in [0.3, 0.4) is 0 Å². The molecule has 1 saturated carbocycles. The number of piperazine rings is 1. The highest BCUT2D eigenvalue weighted by molar-refractivity contribution is 9.10. The van der Waals surface area contributed by atoms with E-state index >= 15 is 0 Å². The number of amides is 3. The molecular formula is C32H38BrF3N4O6. The first-order valence-corrected chi connectivity index (χ1v) is 16.2. The third-order valence-electron chi connectivity index (χ3n) is 8.55. The minimum Gasteiger partial charge on any atom is -0.478 e. The molecule has 0 radical (unpaired) electrons. The fraction of sp³-hybridized carbons (Fsp3) is 0.531. The van der Waals surface area contributed by atoms with E-state index in [-0.39, 0.29) is 62.2 Å². The number of carbonyl (C=O) groups excluding carboxylic acids is 2. The first-order valence-electron chi connectivity index (χ1n) is 15.4. The maximum absolute atomic E-state index is 13.9. The van der Waals surface area contributed by atoms with Gasteiger partial charge in [-0.15, -0.1) is 13.2 Å². The summed E-state index contributed by atoms with van der Waals surface area (Å²) in [5, 5.41) is 9.20. The summed E-state index contributed by atoms with van der Waals surface area (Å²) in [7, 11) is 0. The van der Waals surface area contributed by atoms with Crippen LogP contribution in [0.1, 0.15) is 45.1 Å². The summed E-state index contributed by atoms with van der Waals surface area (Å²) in [6.07, 6.45) is -2.83. The van der Waals surface area contributed by atoms with Crippen molar-refractivity contribution in [1.29, 1.82) is 0 Å². The van der Waals surface area contributed by atoms with Gasteiger partial charge < -0.3 is 34.2 Å². The van der Waals surface area contributed by atoms with E-state index in [1.807, 2.05) is 18.2 Å². The van der Waals surface area contributed by atoms with E-state index in [9.17, 15) is 32.7 Å². The molecular weight excluding hydrogens is 673 g/mol. The Morgan fingerprint density at radius 1 is 0.957 bits per heavy atom. The van der Waals surface area contributed by atoms with E-state index in [1.54, 1.807) is 41.8 Å². The largest absolute Gasteiger partial charge is 0.573 e. The highest BCUT2D eigenvalue weighted by atomic mass is 79.9. The molecule has 2 saturated heterocycles. The highest BCUT2D eigenvalue weighted by Gasteiger charge is 2.40. The number of carbonyl (C=O) groups is 3. The summed E-state index contributed by atoms with van der Waals surface area (Å²) < 4.78 is 50.3. The fourth-order valence-corrected chi connectivity index (χ4v) is 6.39. The molecule has 0 aromatic heterocycles. The average Bonchev–Trinajstić information content (AvgIpc) is 3.85. The monoisotopic (exact) mass is 710 g/mol. The summed E-state index contributed by atoms with van der Waals surface area (Å²) in [5.74, 6) is -0.507. The van der Waals surface area contributed by atoms with Crippen molar-refractivity contribution in [2.24, 2.45) is 5.92 Å². The summed E-state index contributed by atoms with van der Waals surface area (Å²) in [6.45, 7) is 5.60. The number of hydrogen-bond acceptors (Lipinski definition) is 6. The Morgan fingerprint density at radius 2 is 1.65 bits per heavy atom. The molecule has 1 atom stereocenters.